The maximum atomic E-state index is 13.4. The summed E-state index contributed by atoms with van der Waals surface area (Å²) in [7, 11) is 0. The monoisotopic (exact) mass is 283 g/mol. The third kappa shape index (κ3) is 3.31. The molecule has 0 aliphatic carbocycles. The summed E-state index contributed by atoms with van der Waals surface area (Å²) in [5.74, 6) is -2.19. The van der Waals surface area contributed by atoms with Gasteiger partial charge in [0.2, 0.25) is 5.13 Å². The summed E-state index contributed by atoms with van der Waals surface area (Å²) in [5, 5.41) is 11.1. The van der Waals surface area contributed by atoms with Crippen LogP contribution in [0.2, 0.25) is 0 Å². The van der Waals surface area contributed by atoms with Crippen molar-refractivity contribution in [3.63, 3.8) is 0 Å². The highest BCUT2D eigenvalue weighted by molar-refractivity contribution is 7.15. The van der Waals surface area contributed by atoms with Gasteiger partial charge in [-0.15, -0.1) is 10.2 Å². The molecular formula is C12H11F2N3OS. The fraction of sp³-hybridized carbons (Fsp3) is 0.250. The van der Waals surface area contributed by atoms with Gasteiger partial charge < -0.3 is 0 Å². The maximum Gasteiger partial charge on any atom is 0.260 e. The van der Waals surface area contributed by atoms with E-state index in [1.165, 1.54) is 11.3 Å². The molecule has 0 bridgehead atoms. The van der Waals surface area contributed by atoms with E-state index in [0.717, 1.165) is 36.0 Å². The first-order chi connectivity index (χ1) is 9.10. The number of nitrogens with zero attached hydrogens (tertiary/aromatic N) is 2. The van der Waals surface area contributed by atoms with Gasteiger partial charge in [0.05, 0.1) is 5.56 Å². The minimum absolute atomic E-state index is 0.275. The summed E-state index contributed by atoms with van der Waals surface area (Å²) in [6, 6.07) is 2.71. The van der Waals surface area contributed by atoms with Crippen LogP contribution in [-0.2, 0) is 6.42 Å². The number of amides is 1. The molecule has 0 radical (unpaired) electrons. The minimum atomic E-state index is -0.780. The van der Waals surface area contributed by atoms with Gasteiger partial charge in [-0.25, -0.2) is 8.78 Å². The average molecular weight is 283 g/mol. The number of anilines is 1. The van der Waals surface area contributed by atoms with Crippen LogP contribution in [0.3, 0.4) is 0 Å². The normalized spacial score (nSPS) is 10.5. The van der Waals surface area contributed by atoms with E-state index >= 15 is 0 Å². The Hall–Kier alpha value is -1.89. The molecule has 100 valence electrons. The molecule has 0 saturated carbocycles. The minimum Gasteiger partial charge on any atom is -0.296 e. The predicted octanol–water partition coefficient (Wildman–Crippen LogP) is 3.02. The summed E-state index contributed by atoms with van der Waals surface area (Å²) >= 11 is 1.22. The van der Waals surface area contributed by atoms with Gasteiger partial charge in [-0.1, -0.05) is 18.3 Å². The van der Waals surface area contributed by atoms with Crippen molar-refractivity contribution >= 4 is 22.4 Å². The predicted molar refractivity (Wildman–Crippen MR) is 68.2 cm³/mol. The maximum absolute atomic E-state index is 13.4. The number of aromatic nitrogens is 2. The van der Waals surface area contributed by atoms with E-state index in [9.17, 15) is 13.6 Å². The van der Waals surface area contributed by atoms with Crippen molar-refractivity contribution in [3.8, 4) is 0 Å². The van der Waals surface area contributed by atoms with Crippen molar-refractivity contribution in [1.29, 1.82) is 0 Å². The smallest absolute Gasteiger partial charge is 0.260 e. The molecular weight excluding hydrogens is 272 g/mol. The van der Waals surface area contributed by atoms with Crippen LogP contribution in [0, 0.1) is 11.6 Å². The van der Waals surface area contributed by atoms with Crippen LogP contribution in [0.1, 0.15) is 28.7 Å². The van der Waals surface area contributed by atoms with E-state index in [2.05, 4.69) is 15.5 Å². The van der Waals surface area contributed by atoms with Gasteiger partial charge in [0.1, 0.15) is 16.6 Å². The number of carbonyl (C=O) groups is 1. The summed E-state index contributed by atoms with van der Waals surface area (Å²) in [5.41, 5.74) is -0.354. The first kappa shape index (κ1) is 13.5. The molecule has 0 aliphatic heterocycles. The molecule has 7 heteroatoms. The second-order valence-corrected chi connectivity index (χ2v) is 4.89. The Labute approximate surface area is 112 Å². The highest BCUT2D eigenvalue weighted by Crippen LogP contribution is 2.18. The molecule has 1 heterocycles. The lowest BCUT2D eigenvalue weighted by atomic mass is 10.2. The van der Waals surface area contributed by atoms with Crippen molar-refractivity contribution in [3.05, 3.63) is 40.4 Å². The van der Waals surface area contributed by atoms with Crippen LogP contribution >= 0.6 is 11.3 Å². The van der Waals surface area contributed by atoms with E-state index in [0.29, 0.717) is 0 Å². The largest absolute Gasteiger partial charge is 0.296 e. The van der Waals surface area contributed by atoms with Gasteiger partial charge in [0, 0.05) is 6.42 Å². The summed E-state index contributed by atoms with van der Waals surface area (Å²) in [4.78, 5) is 11.8. The molecule has 1 amide bonds. The highest BCUT2D eigenvalue weighted by Gasteiger charge is 2.15. The van der Waals surface area contributed by atoms with Gasteiger partial charge in [-0.3, -0.25) is 10.1 Å². The number of rotatable bonds is 4. The van der Waals surface area contributed by atoms with Crippen LogP contribution in [0.25, 0.3) is 0 Å². The van der Waals surface area contributed by atoms with Crippen LogP contribution in [-0.4, -0.2) is 16.1 Å². The quantitative estimate of drug-likeness (QED) is 0.938. The van der Waals surface area contributed by atoms with Crippen LogP contribution in [0.4, 0.5) is 13.9 Å². The summed E-state index contributed by atoms with van der Waals surface area (Å²) < 4.78 is 26.4. The van der Waals surface area contributed by atoms with Gasteiger partial charge in [-0.05, 0) is 24.6 Å². The molecule has 0 spiro atoms. The van der Waals surface area contributed by atoms with Crippen LogP contribution in [0.15, 0.2) is 18.2 Å². The Balaban J connectivity index is 2.13. The third-order valence-corrected chi connectivity index (χ3v) is 3.22. The Kier molecular flexibility index (Phi) is 4.16. The number of hydrogen-bond donors (Lipinski definition) is 1. The molecule has 0 saturated heterocycles. The molecule has 0 unspecified atom stereocenters. The number of halogens is 2. The van der Waals surface area contributed by atoms with Crippen LogP contribution in [0.5, 0.6) is 0 Å². The van der Waals surface area contributed by atoms with E-state index in [4.69, 9.17) is 0 Å². The highest BCUT2D eigenvalue weighted by atomic mass is 32.1. The molecule has 1 aromatic heterocycles. The number of aryl methyl sites for hydroxylation is 1. The molecule has 0 atom stereocenters. The molecule has 2 rings (SSSR count). The fourth-order valence-corrected chi connectivity index (χ4v) is 2.29. The number of carbonyl (C=O) groups excluding carboxylic acids is 1. The first-order valence-electron chi connectivity index (χ1n) is 5.69. The summed E-state index contributed by atoms with van der Waals surface area (Å²) in [6.07, 6.45) is 1.68. The molecule has 2 aromatic rings. The Morgan fingerprint density at radius 1 is 1.37 bits per heavy atom. The lowest BCUT2D eigenvalue weighted by molar-refractivity contribution is 0.102. The summed E-state index contributed by atoms with van der Waals surface area (Å²) in [6.45, 7) is 2.00. The van der Waals surface area contributed by atoms with Gasteiger partial charge >= 0.3 is 0 Å². The van der Waals surface area contributed by atoms with Crippen LogP contribution < -0.4 is 5.32 Å². The van der Waals surface area contributed by atoms with E-state index in [1.54, 1.807) is 0 Å². The molecule has 4 nitrogen and oxygen atoms in total. The standard InChI is InChI=1S/C12H11F2N3OS/c1-2-3-10-16-17-12(19-10)15-11(18)8-6-7(13)4-5-9(8)14/h4-6H,2-3H2,1H3,(H,15,17,18). The molecule has 1 N–H and O–H groups in total. The fourth-order valence-electron chi connectivity index (χ4n) is 1.45. The van der Waals surface area contributed by atoms with E-state index in [-0.39, 0.29) is 10.7 Å². The lowest BCUT2D eigenvalue weighted by Gasteiger charge is -2.02. The Morgan fingerprint density at radius 2 is 2.16 bits per heavy atom. The first-order valence-corrected chi connectivity index (χ1v) is 6.50. The second-order valence-electron chi connectivity index (χ2n) is 3.83. The van der Waals surface area contributed by atoms with E-state index in [1.807, 2.05) is 6.92 Å². The number of benzene rings is 1. The second kappa shape index (κ2) is 5.83. The van der Waals surface area contributed by atoms with Gasteiger partial charge in [0.15, 0.2) is 0 Å². The number of hydrogen-bond acceptors (Lipinski definition) is 4. The van der Waals surface area contributed by atoms with Gasteiger partial charge in [-0.2, -0.15) is 0 Å². The topological polar surface area (TPSA) is 54.9 Å². The van der Waals surface area contributed by atoms with Crippen molar-refractivity contribution in [2.75, 3.05) is 5.32 Å². The van der Waals surface area contributed by atoms with Crippen molar-refractivity contribution in [2.24, 2.45) is 0 Å². The molecule has 0 fully saturated rings. The van der Waals surface area contributed by atoms with Gasteiger partial charge in [0.25, 0.3) is 5.91 Å². The molecule has 0 aliphatic rings. The lowest BCUT2D eigenvalue weighted by Crippen LogP contribution is -2.13. The zero-order valence-electron chi connectivity index (χ0n) is 10.1. The SMILES string of the molecule is CCCc1nnc(NC(=O)c2cc(F)ccc2F)s1. The average Bonchev–Trinajstić information content (AvgIpc) is 2.80. The third-order valence-electron chi connectivity index (χ3n) is 2.32. The van der Waals surface area contributed by atoms with Crippen molar-refractivity contribution in [1.82, 2.24) is 10.2 Å². The zero-order chi connectivity index (χ0) is 13.8. The van der Waals surface area contributed by atoms with Crippen molar-refractivity contribution < 1.29 is 13.6 Å². The number of nitrogens with one attached hydrogen (secondary N) is 1. The Bertz CT molecular complexity index is 600. The van der Waals surface area contributed by atoms with E-state index < -0.39 is 17.5 Å². The molecule has 1 aromatic carbocycles. The molecule has 19 heavy (non-hydrogen) atoms. The zero-order valence-corrected chi connectivity index (χ0v) is 10.9. The Morgan fingerprint density at radius 3 is 2.89 bits per heavy atom. The van der Waals surface area contributed by atoms with Crippen molar-refractivity contribution in [2.45, 2.75) is 19.8 Å².